The largest absolute Gasteiger partial charge is 0.384 e. The van der Waals surface area contributed by atoms with Crippen LogP contribution in [0.25, 0.3) is 33.0 Å². The van der Waals surface area contributed by atoms with Crippen LogP contribution >= 0.6 is 0 Å². The molecule has 0 saturated heterocycles. The third-order valence-corrected chi connectivity index (χ3v) is 5.73. The van der Waals surface area contributed by atoms with E-state index in [4.69, 9.17) is 0 Å². The molecule has 1 atom stereocenters. The van der Waals surface area contributed by atoms with Crippen LogP contribution in [0, 0.1) is 0 Å². The van der Waals surface area contributed by atoms with E-state index in [1.165, 1.54) is 0 Å². The Morgan fingerprint density at radius 2 is 1.38 bits per heavy atom. The Morgan fingerprint density at radius 3 is 2.27 bits per heavy atom. The van der Waals surface area contributed by atoms with Crippen molar-refractivity contribution in [2.45, 2.75) is 6.10 Å². The molecule has 1 unspecified atom stereocenters. The van der Waals surface area contributed by atoms with Crippen LogP contribution in [-0.4, -0.2) is 10.9 Å². The fraction of sp³-hybridized carbons (Fsp3) is 0.0417. The smallest absolute Gasteiger partial charge is 0.194 e. The van der Waals surface area contributed by atoms with Gasteiger partial charge >= 0.3 is 0 Å². The van der Waals surface area contributed by atoms with Crippen molar-refractivity contribution < 1.29 is 9.90 Å². The number of aliphatic hydroxyl groups is 1. The summed E-state index contributed by atoms with van der Waals surface area (Å²) in [6, 6.07) is 23.9. The lowest BCUT2D eigenvalue weighted by molar-refractivity contribution is 0.104. The molecule has 0 aliphatic heterocycles. The van der Waals surface area contributed by atoms with Gasteiger partial charge in [-0.25, -0.2) is 0 Å². The topological polar surface area (TPSA) is 37.3 Å². The number of rotatable bonds is 0. The van der Waals surface area contributed by atoms with Gasteiger partial charge in [0.15, 0.2) is 5.78 Å². The van der Waals surface area contributed by atoms with E-state index in [2.05, 4.69) is 18.2 Å². The minimum absolute atomic E-state index is 0.0476. The van der Waals surface area contributed by atoms with E-state index in [9.17, 15) is 9.90 Å². The molecule has 26 heavy (non-hydrogen) atoms. The SMILES string of the molecule is O=C1c2ccccc2-c2c1ccc1c2C(O)c2ccc3ccccc3c2-1. The molecule has 0 aromatic heterocycles. The van der Waals surface area contributed by atoms with Crippen molar-refractivity contribution in [2.75, 3.05) is 0 Å². The third kappa shape index (κ3) is 1.53. The van der Waals surface area contributed by atoms with Gasteiger partial charge in [0, 0.05) is 22.3 Å². The van der Waals surface area contributed by atoms with E-state index in [1.807, 2.05) is 54.6 Å². The average molecular weight is 334 g/mol. The number of aliphatic hydroxyl groups excluding tert-OH is 1. The molecule has 4 aromatic rings. The summed E-state index contributed by atoms with van der Waals surface area (Å²) in [7, 11) is 0. The minimum atomic E-state index is -0.710. The van der Waals surface area contributed by atoms with Gasteiger partial charge < -0.3 is 5.11 Å². The molecule has 6 rings (SSSR count). The highest BCUT2D eigenvalue weighted by molar-refractivity contribution is 6.23. The second kappa shape index (κ2) is 4.69. The number of hydrogen-bond donors (Lipinski definition) is 1. The van der Waals surface area contributed by atoms with Crippen LogP contribution in [0.2, 0.25) is 0 Å². The quantitative estimate of drug-likeness (QED) is 0.427. The second-order valence-corrected chi connectivity index (χ2v) is 6.98. The Morgan fingerprint density at radius 1 is 0.654 bits per heavy atom. The summed E-state index contributed by atoms with van der Waals surface area (Å²) in [4.78, 5) is 12.8. The Labute approximate surface area is 150 Å². The predicted molar refractivity (Wildman–Crippen MR) is 102 cm³/mol. The molecule has 0 bridgehead atoms. The molecule has 0 saturated carbocycles. The van der Waals surface area contributed by atoms with Gasteiger partial charge in [0.05, 0.1) is 0 Å². The van der Waals surface area contributed by atoms with Gasteiger partial charge in [-0.3, -0.25) is 4.79 Å². The first-order chi connectivity index (χ1) is 12.8. The van der Waals surface area contributed by atoms with Gasteiger partial charge in [0.1, 0.15) is 6.10 Å². The summed E-state index contributed by atoms with van der Waals surface area (Å²) >= 11 is 0. The molecule has 0 amide bonds. The van der Waals surface area contributed by atoms with Crippen LogP contribution in [-0.2, 0) is 0 Å². The first-order valence-corrected chi connectivity index (χ1v) is 8.77. The molecule has 0 radical (unpaired) electrons. The number of ketones is 1. The van der Waals surface area contributed by atoms with Crippen molar-refractivity contribution in [3.05, 3.63) is 95.1 Å². The van der Waals surface area contributed by atoms with Crippen LogP contribution < -0.4 is 0 Å². The highest BCUT2D eigenvalue weighted by Crippen LogP contribution is 2.53. The molecule has 0 spiro atoms. The lowest BCUT2D eigenvalue weighted by atomic mass is 9.93. The van der Waals surface area contributed by atoms with E-state index in [-0.39, 0.29) is 5.78 Å². The van der Waals surface area contributed by atoms with E-state index in [1.54, 1.807) is 0 Å². The van der Waals surface area contributed by atoms with Gasteiger partial charge in [-0.2, -0.15) is 0 Å². The first kappa shape index (κ1) is 14.0. The lowest BCUT2D eigenvalue weighted by Crippen LogP contribution is -1.99. The number of fused-ring (bicyclic) bond motifs is 9. The number of hydrogen-bond acceptors (Lipinski definition) is 2. The van der Waals surface area contributed by atoms with E-state index >= 15 is 0 Å². The van der Waals surface area contributed by atoms with E-state index in [0.717, 1.165) is 49.7 Å². The van der Waals surface area contributed by atoms with Crippen LogP contribution in [0.5, 0.6) is 0 Å². The summed E-state index contributed by atoms with van der Waals surface area (Å²) in [5.74, 6) is 0.0476. The second-order valence-electron chi connectivity index (χ2n) is 6.98. The maximum Gasteiger partial charge on any atom is 0.194 e. The monoisotopic (exact) mass is 334 g/mol. The van der Waals surface area contributed by atoms with Crippen molar-refractivity contribution >= 4 is 16.6 Å². The average Bonchev–Trinajstić information content (AvgIpc) is 3.15. The van der Waals surface area contributed by atoms with Gasteiger partial charge in [0.25, 0.3) is 0 Å². The number of benzene rings is 4. The standard InChI is InChI=1S/C24H14O2/c25-23-16-8-4-3-7-15(16)21-19(23)12-11-17-20-14-6-2-1-5-13(14)9-10-18(20)24(26)22(17)21/h1-12,24,26H. The third-order valence-electron chi connectivity index (χ3n) is 5.73. The minimum Gasteiger partial charge on any atom is -0.384 e. The van der Waals surface area contributed by atoms with Gasteiger partial charge in [0.2, 0.25) is 0 Å². The molecule has 2 aliphatic carbocycles. The van der Waals surface area contributed by atoms with Crippen molar-refractivity contribution in [3.8, 4) is 22.3 Å². The maximum atomic E-state index is 12.8. The summed E-state index contributed by atoms with van der Waals surface area (Å²) < 4.78 is 0. The fourth-order valence-corrected chi connectivity index (χ4v) is 4.62. The molecule has 4 aromatic carbocycles. The van der Waals surface area contributed by atoms with Gasteiger partial charge in [-0.1, -0.05) is 66.7 Å². The zero-order valence-electron chi connectivity index (χ0n) is 13.9. The zero-order valence-corrected chi connectivity index (χ0v) is 13.9. The first-order valence-electron chi connectivity index (χ1n) is 8.77. The molecule has 122 valence electrons. The molecule has 1 N–H and O–H groups in total. The summed E-state index contributed by atoms with van der Waals surface area (Å²) in [5.41, 5.74) is 7.16. The Bertz CT molecular complexity index is 1270. The Balaban J connectivity index is 1.76. The molecule has 2 heteroatoms. The fourth-order valence-electron chi connectivity index (χ4n) is 4.62. The summed E-state index contributed by atoms with van der Waals surface area (Å²) in [6.45, 7) is 0. The summed E-state index contributed by atoms with van der Waals surface area (Å²) in [6.07, 6.45) is -0.710. The summed E-state index contributed by atoms with van der Waals surface area (Å²) in [5, 5.41) is 13.5. The number of carbonyl (C=O) groups excluding carboxylic acids is 1. The molecule has 2 nitrogen and oxygen atoms in total. The van der Waals surface area contributed by atoms with Crippen LogP contribution in [0.4, 0.5) is 0 Å². The van der Waals surface area contributed by atoms with E-state index in [0.29, 0.717) is 5.56 Å². The van der Waals surface area contributed by atoms with Gasteiger partial charge in [-0.15, -0.1) is 0 Å². The van der Waals surface area contributed by atoms with Crippen LogP contribution in [0.15, 0.2) is 72.8 Å². The van der Waals surface area contributed by atoms with Crippen molar-refractivity contribution in [3.63, 3.8) is 0 Å². The zero-order chi connectivity index (χ0) is 17.4. The molecular formula is C24H14O2. The highest BCUT2D eigenvalue weighted by Gasteiger charge is 2.37. The Hall–Kier alpha value is -3.23. The molecular weight excluding hydrogens is 320 g/mol. The van der Waals surface area contributed by atoms with Gasteiger partial charge in [-0.05, 0) is 39.1 Å². The maximum absolute atomic E-state index is 12.8. The van der Waals surface area contributed by atoms with Crippen LogP contribution in [0.3, 0.4) is 0 Å². The Kier molecular flexibility index (Phi) is 2.52. The van der Waals surface area contributed by atoms with Crippen LogP contribution in [0.1, 0.15) is 33.2 Å². The molecule has 0 fully saturated rings. The predicted octanol–water partition coefficient (Wildman–Crippen LogP) is 5.11. The van der Waals surface area contributed by atoms with Crippen molar-refractivity contribution in [1.82, 2.24) is 0 Å². The normalized spacial score (nSPS) is 16.3. The van der Waals surface area contributed by atoms with Crippen molar-refractivity contribution in [1.29, 1.82) is 0 Å². The lowest BCUT2D eigenvalue weighted by Gasteiger charge is -2.11. The number of carbonyl (C=O) groups is 1. The highest BCUT2D eigenvalue weighted by atomic mass is 16.3. The molecule has 2 aliphatic rings. The molecule has 0 heterocycles. The van der Waals surface area contributed by atoms with Crippen molar-refractivity contribution in [2.24, 2.45) is 0 Å². The van der Waals surface area contributed by atoms with E-state index < -0.39 is 6.10 Å².